The molecule has 0 radical (unpaired) electrons. The first-order chi connectivity index (χ1) is 8.04. The Kier molecular flexibility index (Phi) is 5.58. The van der Waals surface area contributed by atoms with E-state index in [0.29, 0.717) is 0 Å². The molecule has 1 unspecified atom stereocenters. The number of hydrogen-bond donors (Lipinski definition) is 0. The van der Waals surface area contributed by atoms with Crippen molar-refractivity contribution < 1.29 is 13.9 Å². The summed E-state index contributed by atoms with van der Waals surface area (Å²) >= 11 is 1.80. The van der Waals surface area contributed by atoms with Crippen LogP contribution >= 0.6 is 11.8 Å². The summed E-state index contributed by atoms with van der Waals surface area (Å²) in [6.07, 6.45) is 0. The Labute approximate surface area is 106 Å². The Morgan fingerprint density at radius 3 is 2.82 bits per heavy atom. The van der Waals surface area contributed by atoms with Crippen LogP contribution in [0.1, 0.15) is 28.5 Å². The summed E-state index contributed by atoms with van der Waals surface area (Å²) in [4.78, 5) is 13.4. The van der Waals surface area contributed by atoms with Crippen molar-refractivity contribution in [1.29, 1.82) is 0 Å². The van der Waals surface area contributed by atoms with Gasteiger partial charge in [0.25, 0.3) is 0 Å². The zero-order valence-electron chi connectivity index (χ0n) is 10.7. The highest BCUT2D eigenvalue weighted by atomic mass is 32.2. The summed E-state index contributed by atoms with van der Waals surface area (Å²) in [5.74, 6) is 1.68. The molecule has 96 valence electrons. The van der Waals surface area contributed by atoms with Crippen molar-refractivity contribution in [3.05, 3.63) is 23.7 Å². The molecule has 1 aromatic rings. The Morgan fingerprint density at radius 1 is 1.53 bits per heavy atom. The molecular weight excluding hydrogens is 238 g/mol. The van der Waals surface area contributed by atoms with Crippen LogP contribution < -0.4 is 0 Å². The van der Waals surface area contributed by atoms with Gasteiger partial charge in [-0.15, -0.1) is 11.8 Å². The highest BCUT2D eigenvalue weighted by Crippen LogP contribution is 2.29. The lowest BCUT2D eigenvalue weighted by Gasteiger charge is -2.11. The normalized spacial score (nSPS) is 12.8. The number of furan rings is 1. The van der Waals surface area contributed by atoms with Crippen LogP contribution in [0.4, 0.5) is 0 Å². The van der Waals surface area contributed by atoms with Gasteiger partial charge in [0.15, 0.2) is 0 Å². The summed E-state index contributed by atoms with van der Waals surface area (Å²) < 4.78 is 10.0. The molecule has 0 fully saturated rings. The molecule has 17 heavy (non-hydrogen) atoms. The third-order valence-electron chi connectivity index (χ3n) is 2.32. The van der Waals surface area contributed by atoms with Crippen LogP contribution in [0, 0.1) is 0 Å². The molecule has 1 aromatic heterocycles. The molecule has 0 saturated carbocycles. The fourth-order valence-corrected chi connectivity index (χ4v) is 2.39. The minimum absolute atomic E-state index is 0.244. The lowest BCUT2D eigenvalue weighted by molar-refractivity contribution is 0.0563. The summed E-state index contributed by atoms with van der Waals surface area (Å²) in [6, 6.07) is 3.49. The molecule has 4 nitrogen and oxygen atoms in total. The zero-order chi connectivity index (χ0) is 12.8. The molecule has 1 heterocycles. The van der Waals surface area contributed by atoms with Gasteiger partial charge in [-0.3, -0.25) is 0 Å². The zero-order valence-corrected chi connectivity index (χ0v) is 11.5. The number of rotatable bonds is 6. The average Bonchev–Trinajstić information content (AvgIpc) is 2.76. The molecule has 0 aliphatic carbocycles. The van der Waals surface area contributed by atoms with Crippen LogP contribution in [0.3, 0.4) is 0 Å². The fourth-order valence-electron chi connectivity index (χ4n) is 1.28. The molecule has 5 heteroatoms. The summed E-state index contributed by atoms with van der Waals surface area (Å²) in [7, 11) is 5.45. The van der Waals surface area contributed by atoms with Crippen molar-refractivity contribution in [2.24, 2.45) is 0 Å². The van der Waals surface area contributed by atoms with Crippen LogP contribution in [-0.4, -0.2) is 44.4 Å². The SMILES string of the molecule is COC(=O)c1ccc(C(C)SCCN(C)C)o1. The molecule has 0 saturated heterocycles. The molecule has 0 N–H and O–H groups in total. The van der Waals surface area contributed by atoms with E-state index in [1.165, 1.54) is 7.11 Å². The van der Waals surface area contributed by atoms with Crippen LogP contribution in [0.5, 0.6) is 0 Å². The highest BCUT2D eigenvalue weighted by Gasteiger charge is 2.15. The first-order valence-electron chi connectivity index (χ1n) is 5.49. The molecular formula is C12H19NO3S. The predicted molar refractivity (Wildman–Crippen MR) is 69.5 cm³/mol. The van der Waals surface area contributed by atoms with Crippen LogP contribution in [0.15, 0.2) is 16.5 Å². The number of methoxy groups -OCH3 is 1. The molecule has 0 spiro atoms. The smallest absolute Gasteiger partial charge is 0.373 e. The molecule has 0 bridgehead atoms. The van der Waals surface area contributed by atoms with E-state index in [-0.39, 0.29) is 11.0 Å². The van der Waals surface area contributed by atoms with Crippen molar-refractivity contribution >= 4 is 17.7 Å². The summed E-state index contributed by atoms with van der Waals surface area (Å²) in [5.41, 5.74) is 0. The van der Waals surface area contributed by atoms with Crippen LogP contribution in [0.25, 0.3) is 0 Å². The second kappa shape index (κ2) is 6.71. The quantitative estimate of drug-likeness (QED) is 0.732. The number of carbonyl (C=O) groups is 1. The summed E-state index contributed by atoms with van der Waals surface area (Å²) in [5, 5.41) is 0.244. The van der Waals surface area contributed by atoms with Gasteiger partial charge in [0.05, 0.1) is 12.4 Å². The van der Waals surface area contributed by atoms with Gasteiger partial charge >= 0.3 is 5.97 Å². The van der Waals surface area contributed by atoms with Crippen molar-refractivity contribution in [1.82, 2.24) is 4.90 Å². The number of carbonyl (C=O) groups excluding carboxylic acids is 1. The Morgan fingerprint density at radius 2 is 2.24 bits per heavy atom. The van der Waals surface area contributed by atoms with E-state index in [2.05, 4.69) is 16.6 Å². The van der Waals surface area contributed by atoms with E-state index >= 15 is 0 Å². The Bertz CT molecular complexity index is 362. The van der Waals surface area contributed by atoms with E-state index in [0.717, 1.165) is 18.1 Å². The van der Waals surface area contributed by atoms with Crippen molar-refractivity contribution in [3.63, 3.8) is 0 Å². The molecule has 1 atom stereocenters. The Balaban J connectivity index is 2.49. The maximum atomic E-state index is 11.2. The molecule has 0 amide bonds. The second-order valence-corrected chi connectivity index (χ2v) is 5.46. The topological polar surface area (TPSA) is 42.7 Å². The maximum absolute atomic E-state index is 11.2. The van der Waals surface area contributed by atoms with Crippen LogP contribution in [-0.2, 0) is 4.74 Å². The van der Waals surface area contributed by atoms with Crippen molar-refractivity contribution in [3.8, 4) is 0 Å². The molecule has 0 aromatic carbocycles. The van der Waals surface area contributed by atoms with Gasteiger partial charge in [0.2, 0.25) is 5.76 Å². The van der Waals surface area contributed by atoms with E-state index in [9.17, 15) is 4.79 Å². The van der Waals surface area contributed by atoms with E-state index in [1.807, 2.05) is 20.2 Å². The van der Waals surface area contributed by atoms with Gasteiger partial charge in [-0.2, -0.15) is 0 Å². The second-order valence-electron chi connectivity index (χ2n) is 4.01. The van der Waals surface area contributed by atoms with Gasteiger partial charge in [0, 0.05) is 12.3 Å². The first-order valence-corrected chi connectivity index (χ1v) is 6.54. The van der Waals surface area contributed by atoms with Crippen molar-refractivity contribution in [2.75, 3.05) is 33.5 Å². The third kappa shape index (κ3) is 4.44. The number of nitrogens with zero attached hydrogens (tertiary/aromatic N) is 1. The minimum atomic E-state index is -0.429. The minimum Gasteiger partial charge on any atom is -0.463 e. The standard InChI is InChI=1S/C12H19NO3S/c1-9(17-8-7-13(2)3)10-5-6-11(16-10)12(14)15-4/h5-6,9H,7-8H2,1-4H3. The Hall–Kier alpha value is -0.940. The molecule has 1 rings (SSSR count). The number of esters is 1. The predicted octanol–water partition coefficient (Wildman–Crippen LogP) is 2.42. The first kappa shape index (κ1) is 14.1. The fraction of sp³-hybridized carbons (Fsp3) is 0.583. The third-order valence-corrected chi connectivity index (χ3v) is 3.47. The van der Waals surface area contributed by atoms with E-state index < -0.39 is 5.97 Å². The lowest BCUT2D eigenvalue weighted by Crippen LogP contribution is -2.15. The largest absolute Gasteiger partial charge is 0.463 e. The number of hydrogen-bond acceptors (Lipinski definition) is 5. The van der Waals surface area contributed by atoms with Gasteiger partial charge in [-0.25, -0.2) is 4.79 Å². The van der Waals surface area contributed by atoms with E-state index in [4.69, 9.17) is 4.42 Å². The van der Waals surface area contributed by atoms with Crippen molar-refractivity contribution in [2.45, 2.75) is 12.2 Å². The lowest BCUT2D eigenvalue weighted by atomic mass is 10.3. The molecule has 0 aliphatic rings. The van der Waals surface area contributed by atoms with E-state index in [1.54, 1.807) is 17.8 Å². The number of ether oxygens (including phenoxy) is 1. The number of thioether (sulfide) groups is 1. The molecule has 0 aliphatic heterocycles. The van der Waals surface area contributed by atoms with Crippen LogP contribution in [0.2, 0.25) is 0 Å². The van der Waals surface area contributed by atoms with Gasteiger partial charge < -0.3 is 14.1 Å². The van der Waals surface area contributed by atoms with Gasteiger partial charge in [0.1, 0.15) is 5.76 Å². The van der Waals surface area contributed by atoms with Gasteiger partial charge in [-0.05, 0) is 33.2 Å². The average molecular weight is 257 g/mol. The highest BCUT2D eigenvalue weighted by molar-refractivity contribution is 7.99. The maximum Gasteiger partial charge on any atom is 0.373 e. The van der Waals surface area contributed by atoms with Gasteiger partial charge in [-0.1, -0.05) is 0 Å². The monoisotopic (exact) mass is 257 g/mol. The summed E-state index contributed by atoms with van der Waals surface area (Å²) in [6.45, 7) is 3.10.